The molecule has 0 N–H and O–H groups in total. The number of furan rings is 1. The standard InChI is InChI=1S/C23H29N3O3/c27-22(20-7-12-26(13-8-20)23(28)21-9-16-29-18-21)25-11-4-10-24(14-15-25)17-19-5-2-1-3-6-19/h1-3,5-6,9,16,18,20H,4,7-8,10-15,17H2. The van der Waals surface area contributed by atoms with E-state index in [-0.39, 0.29) is 17.7 Å². The molecule has 0 bridgehead atoms. The number of piperidine rings is 1. The van der Waals surface area contributed by atoms with E-state index in [1.165, 1.54) is 18.1 Å². The van der Waals surface area contributed by atoms with Gasteiger partial charge in [0.15, 0.2) is 0 Å². The van der Waals surface area contributed by atoms with Crippen LogP contribution in [0.5, 0.6) is 0 Å². The minimum Gasteiger partial charge on any atom is -0.472 e. The fourth-order valence-electron chi connectivity index (χ4n) is 4.35. The second-order valence-corrected chi connectivity index (χ2v) is 8.02. The summed E-state index contributed by atoms with van der Waals surface area (Å²) in [7, 11) is 0. The number of nitrogens with zero attached hydrogens (tertiary/aromatic N) is 3. The Kier molecular flexibility index (Phi) is 6.30. The van der Waals surface area contributed by atoms with Crippen molar-refractivity contribution in [1.82, 2.24) is 14.7 Å². The first-order valence-corrected chi connectivity index (χ1v) is 10.6. The van der Waals surface area contributed by atoms with Crippen LogP contribution in [0.2, 0.25) is 0 Å². The van der Waals surface area contributed by atoms with Gasteiger partial charge in [-0.1, -0.05) is 30.3 Å². The summed E-state index contributed by atoms with van der Waals surface area (Å²) in [6.45, 7) is 5.77. The van der Waals surface area contributed by atoms with Gasteiger partial charge in [-0.15, -0.1) is 0 Å². The lowest BCUT2D eigenvalue weighted by atomic mass is 9.94. The Labute approximate surface area is 172 Å². The third-order valence-electron chi connectivity index (χ3n) is 6.05. The summed E-state index contributed by atoms with van der Waals surface area (Å²) in [4.78, 5) is 31.8. The molecule has 4 rings (SSSR count). The van der Waals surface area contributed by atoms with Gasteiger partial charge in [-0.05, 0) is 30.9 Å². The molecule has 0 atom stereocenters. The average molecular weight is 396 g/mol. The zero-order valence-corrected chi connectivity index (χ0v) is 16.8. The van der Waals surface area contributed by atoms with Gasteiger partial charge in [-0.25, -0.2) is 0 Å². The van der Waals surface area contributed by atoms with Crippen LogP contribution in [0.15, 0.2) is 53.3 Å². The first-order valence-electron chi connectivity index (χ1n) is 10.6. The average Bonchev–Trinajstić information content (AvgIpc) is 3.21. The van der Waals surface area contributed by atoms with E-state index in [4.69, 9.17) is 4.42 Å². The molecule has 29 heavy (non-hydrogen) atoms. The van der Waals surface area contributed by atoms with Crippen molar-refractivity contribution < 1.29 is 14.0 Å². The van der Waals surface area contributed by atoms with E-state index in [0.29, 0.717) is 18.7 Å². The molecule has 0 saturated carbocycles. The molecule has 0 spiro atoms. The summed E-state index contributed by atoms with van der Waals surface area (Å²) >= 11 is 0. The largest absolute Gasteiger partial charge is 0.472 e. The minimum absolute atomic E-state index is 0.00373. The van der Waals surface area contributed by atoms with Crippen LogP contribution in [-0.2, 0) is 11.3 Å². The van der Waals surface area contributed by atoms with Gasteiger partial charge in [0.1, 0.15) is 6.26 Å². The summed E-state index contributed by atoms with van der Waals surface area (Å²) in [5, 5.41) is 0. The molecule has 1 aromatic heterocycles. The van der Waals surface area contributed by atoms with Gasteiger partial charge in [-0.3, -0.25) is 14.5 Å². The van der Waals surface area contributed by atoms with Crippen molar-refractivity contribution in [3.05, 3.63) is 60.1 Å². The second-order valence-electron chi connectivity index (χ2n) is 8.02. The van der Waals surface area contributed by atoms with Crippen LogP contribution in [0.25, 0.3) is 0 Å². The lowest BCUT2D eigenvalue weighted by Gasteiger charge is -2.34. The molecule has 3 heterocycles. The topological polar surface area (TPSA) is 57.0 Å². The maximum absolute atomic E-state index is 13.1. The quantitative estimate of drug-likeness (QED) is 0.799. The number of likely N-dealkylation sites (tertiary alicyclic amines) is 1. The highest BCUT2D eigenvalue weighted by Gasteiger charge is 2.31. The Bertz CT molecular complexity index is 798. The van der Waals surface area contributed by atoms with Crippen molar-refractivity contribution in [3.8, 4) is 0 Å². The third-order valence-corrected chi connectivity index (χ3v) is 6.05. The minimum atomic E-state index is -0.00373. The van der Waals surface area contributed by atoms with Crippen LogP contribution in [-0.4, -0.2) is 65.8 Å². The van der Waals surface area contributed by atoms with Gasteiger partial charge < -0.3 is 14.2 Å². The Morgan fingerprint density at radius 1 is 0.897 bits per heavy atom. The summed E-state index contributed by atoms with van der Waals surface area (Å²) in [6.07, 6.45) is 5.50. The van der Waals surface area contributed by atoms with Crippen LogP contribution in [0.3, 0.4) is 0 Å². The van der Waals surface area contributed by atoms with Crippen LogP contribution < -0.4 is 0 Å². The van der Waals surface area contributed by atoms with E-state index >= 15 is 0 Å². The van der Waals surface area contributed by atoms with Gasteiger partial charge in [0.05, 0.1) is 11.8 Å². The zero-order chi connectivity index (χ0) is 20.1. The highest BCUT2D eigenvalue weighted by Crippen LogP contribution is 2.22. The molecule has 2 saturated heterocycles. The first kappa shape index (κ1) is 19.7. The van der Waals surface area contributed by atoms with Crippen molar-refractivity contribution in [2.24, 2.45) is 5.92 Å². The molecule has 2 amide bonds. The number of rotatable bonds is 4. The lowest BCUT2D eigenvalue weighted by Crippen LogP contribution is -2.45. The third kappa shape index (κ3) is 4.88. The lowest BCUT2D eigenvalue weighted by molar-refractivity contribution is -0.136. The predicted molar refractivity (Wildman–Crippen MR) is 110 cm³/mol. The number of hydrogen-bond acceptors (Lipinski definition) is 4. The van der Waals surface area contributed by atoms with Crippen molar-refractivity contribution in [2.45, 2.75) is 25.8 Å². The van der Waals surface area contributed by atoms with Crippen molar-refractivity contribution in [3.63, 3.8) is 0 Å². The zero-order valence-electron chi connectivity index (χ0n) is 16.8. The fourth-order valence-corrected chi connectivity index (χ4v) is 4.35. The Hall–Kier alpha value is -2.60. The van der Waals surface area contributed by atoms with Crippen LogP contribution in [0, 0.1) is 5.92 Å². The number of carbonyl (C=O) groups is 2. The van der Waals surface area contributed by atoms with Crippen molar-refractivity contribution >= 4 is 11.8 Å². The van der Waals surface area contributed by atoms with Gasteiger partial charge in [0, 0.05) is 51.7 Å². The van der Waals surface area contributed by atoms with Gasteiger partial charge in [-0.2, -0.15) is 0 Å². The maximum atomic E-state index is 13.1. The SMILES string of the molecule is O=C(c1ccoc1)N1CCC(C(=O)N2CCCN(Cc3ccccc3)CC2)CC1. The number of carbonyl (C=O) groups excluding carboxylic acids is 2. The van der Waals surface area contributed by atoms with E-state index in [1.54, 1.807) is 6.07 Å². The smallest absolute Gasteiger partial charge is 0.257 e. The monoisotopic (exact) mass is 395 g/mol. The molecular weight excluding hydrogens is 366 g/mol. The molecular formula is C23H29N3O3. The summed E-state index contributed by atoms with van der Waals surface area (Å²) < 4.78 is 5.01. The van der Waals surface area contributed by atoms with E-state index < -0.39 is 0 Å². The molecule has 2 fully saturated rings. The molecule has 0 unspecified atom stereocenters. The van der Waals surface area contributed by atoms with Crippen LogP contribution >= 0.6 is 0 Å². The Morgan fingerprint density at radius 3 is 2.41 bits per heavy atom. The fraction of sp³-hybridized carbons (Fsp3) is 0.478. The molecule has 2 aliphatic rings. The van der Waals surface area contributed by atoms with Crippen molar-refractivity contribution in [1.29, 1.82) is 0 Å². The normalized spacial score (nSPS) is 19.2. The summed E-state index contributed by atoms with van der Waals surface area (Å²) in [6, 6.07) is 12.2. The summed E-state index contributed by atoms with van der Waals surface area (Å²) in [5.41, 5.74) is 1.91. The van der Waals surface area contributed by atoms with Gasteiger partial charge in [0.2, 0.25) is 5.91 Å². The number of hydrogen-bond donors (Lipinski definition) is 0. The molecule has 2 aliphatic heterocycles. The van der Waals surface area contributed by atoms with E-state index in [2.05, 4.69) is 29.2 Å². The summed E-state index contributed by atoms with van der Waals surface area (Å²) in [5.74, 6) is 0.294. The number of benzene rings is 1. The molecule has 2 aromatic rings. The second kappa shape index (κ2) is 9.27. The van der Waals surface area contributed by atoms with Crippen LogP contribution in [0.4, 0.5) is 0 Å². The van der Waals surface area contributed by atoms with E-state index in [9.17, 15) is 9.59 Å². The molecule has 6 nitrogen and oxygen atoms in total. The molecule has 0 aliphatic carbocycles. The van der Waals surface area contributed by atoms with E-state index in [1.807, 2.05) is 15.9 Å². The Morgan fingerprint density at radius 2 is 1.69 bits per heavy atom. The van der Waals surface area contributed by atoms with Crippen LogP contribution in [0.1, 0.15) is 35.2 Å². The number of amides is 2. The Balaban J connectivity index is 1.26. The molecule has 1 aromatic carbocycles. The van der Waals surface area contributed by atoms with Crippen molar-refractivity contribution in [2.75, 3.05) is 39.3 Å². The van der Waals surface area contributed by atoms with E-state index in [0.717, 1.165) is 52.0 Å². The first-order chi connectivity index (χ1) is 14.2. The van der Waals surface area contributed by atoms with Gasteiger partial charge >= 0.3 is 0 Å². The highest BCUT2D eigenvalue weighted by molar-refractivity contribution is 5.94. The maximum Gasteiger partial charge on any atom is 0.257 e. The predicted octanol–water partition coefficient (Wildman–Crippen LogP) is 2.87. The van der Waals surface area contributed by atoms with Gasteiger partial charge in [0.25, 0.3) is 5.91 Å². The highest BCUT2D eigenvalue weighted by atomic mass is 16.3. The molecule has 6 heteroatoms. The molecule has 0 radical (unpaired) electrons. The molecule has 154 valence electrons.